The summed E-state index contributed by atoms with van der Waals surface area (Å²) in [5.74, 6) is -0.484. The number of rotatable bonds is 0. The molecule has 1 rings (SSSR count). The summed E-state index contributed by atoms with van der Waals surface area (Å²) in [5, 5.41) is 0. The Morgan fingerprint density at radius 1 is 1.38 bits per heavy atom. The predicted molar refractivity (Wildman–Crippen MR) is 41.1 cm³/mol. The largest absolute Gasteiger partial charge is 0.408 e. The first kappa shape index (κ1) is 10.3. The van der Waals surface area contributed by atoms with Crippen LogP contribution in [0.2, 0.25) is 0 Å². The zero-order valence-electron chi connectivity index (χ0n) is 7.40. The van der Waals surface area contributed by atoms with Gasteiger partial charge < -0.3 is 4.90 Å². The van der Waals surface area contributed by atoms with Gasteiger partial charge in [0.05, 0.1) is 0 Å². The van der Waals surface area contributed by atoms with Gasteiger partial charge >= 0.3 is 6.18 Å². The van der Waals surface area contributed by atoms with Gasteiger partial charge in [0.2, 0.25) is 5.91 Å². The molecule has 0 N–H and O–H groups in total. The Bertz CT molecular complexity index is 202. The van der Waals surface area contributed by atoms with E-state index in [9.17, 15) is 18.0 Å². The highest BCUT2D eigenvalue weighted by atomic mass is 19.4. The number of nitrogens with zero attached hydrogens (tertiary/aromatic N) is 1. The molecule has 76 valence electrons. The number of halogens is 3. The van der Waals surface area contributed by atoms with Crippen LogP contribution in [0.15, 0.2) is 0 Å². The number of piperidine rings is 1. The molecule has 1 heterocycles. The maximum atomic E-state index is 12.4. The molecule has 0 aromatic heterocycles. The molecule has 1 aliphatic heterocycles. The molecule has 0 aromatic carbocycles. The molecule has 5 heteroatoms. The number of amides is 1. The van der Waals surface area contributed by atoms with Crippen LogP contribution in [0, 0.1) is 0 Å². The molecule has 1 saturated heterocycles. The van der Waals surface area contributed by atoms with Crippen molar-refractivity contribution in [2.45, 2.75) is 38.4 Å². The highest BCUT2D eigenvalue weighted by molar-refractivity contribution is 5.73. The SMILES string of the molecule is CC(=O)N1CCCCC1C(F)(F)F. The number of carbonyl (C=O) groups excluding carboxylic acids is 1. The van der Waals surface area contributed by atoms with E-state index in [2.05, 4.69) is 0 Å². The van der Waals surface area contributed by atoms with Crippen LogP contribution in [0.5, 0.6) is 0 Å². The highest BCUT2D eigenvalue weighted by Crippen LogP contribution is 2.31. The number of alkyl halides is 3. The van der Waals surface area contributed by atoms with Crippen molar-refractivity contribution in [2.24, 2.45) is 0 Å². The molecule has 0 aliphatic carbocycles. The van der Waals surface area contributed by atoms with Gasteiger partial charge in [-0.3, -0.25) is 4.79 Å². The average Bonchev–Trinajstić information content (AvgIpc) is 2.03. The molecule has 0 spiro atoms. The second kappa shape index (κ2) is 3.55. The fourth-order valence-corrected chi connectivity index (χ4v) is 1.65. The van der Waals surface area contributed by atoms with E-state index >= 15 is 0 Å². The Labute approximate surface area is 74.7 Å². The van der Waals surface area contributed by atoms with Crippen molar-refractivity contribution < 1.29 is 18.0 Å². The molecule has 1 atom stereocenters. The lowest BCUT2D eigenvalue weighted by Gasteiger charge is -2.36. The second-order valence-electron chi connectivity index (χ2n) is 3.27. The van der Waals surface area contributed by atoms with Gasteiger partial charge in [0, 0.05) is 13.5 Å². The molecule has 0 aromatic rings. The minimum absolute atomic E-state index is 0.0447. The molecule has 0 saturated carbocycles. The minimum Gasteiger partial charge on any atom is -0.331 e. The summed E-state index contributed by atoms with van der Waals surface area (Å²) in [5.41, 5.74) is 0. The zero-order valence-corrected chi connectivity index (χ0v) is 7.40. The Hall–Kier alpha value is -0.740. The lowest BCUT2D eigenvalue weighted by molar-refractivity contribution is -0.195. The van der Waals surface area contributed by atoms with Crippen molar-refractivity contribution in [1.82, 2.24) is 4.90 Å². The Morgan fingerprint density at radius 3 is 2.38 bits per heavy atom. The van der Waals surface area contributed by atoms with E-state index in [0.29, 0.717) is 12.8 Å². The lowest BCUT2D eigenvalue weighted by atomic mass is 10.0. The molecule has 1 amide bonds. The summed E-state index contributed by atoms with van der Waals surface area (Å²) in [7, 11) is 0. The number of likely N-dealkylation sites (tertiary alicyclic amines) is 1. The minimum atomic E-state index is -4.27. The molecule has 0 radical (unpaired) electrons. The monoisotopic (exact) mass is 195 g/mol. The van der Waals surface area contributed by atoms with Crippen LogP contribution in [-0.2, 0) is 4.79 Å². The standard InChI is InChI=1S/C8H12F3NO/c1-6(13)12-5-3-2-4-7(12)8(9,10)11/h7H,2-5H2,1H3. The maximum Gasteiger partial charge on any atom is 0.408 e. The first-order valence-corrected chi connectivity index (χ1v) is 4.27. The van der Waals surface area contributed by atoms with Gasteiger partial charge in [-0.1, -0.05) is 0 Å². The first-order chi connectivity index (χ1) is 5.93. The van der Waals surface area contributed by atoms with E-state index in [1.165, 1.54) is 6.92 Å². The third-order valence-corrected chi connectivity index (χ3v) is 2.29. The maximum absolute atomic E-state index is 12.4. The summed E-state index contributed by atoms with van der Waals surface area (Å²) >= 11 is 0. The van der Waals surface area contributed by atoms with Gasteiger partial charge in [0.15, 0.2) is 0 Å². The molecule has 1 unspecified atom stereocenters. The second-order valence-corrected chi connectivity index (χ2v) is 3.27. The topological polar surface area (TPSA) is 20.3 Å². The number of hydrogen-bond acceptors (Lipinski definition) is 1. The normalized spacial score (nSPS) is 24.6. The van der Waals surface area contributed by atoms with Crippen LogP contribution < -0.4 is 0 Å². The molecule has 0 bridgehead atoms. The van der Waals surface area contributed by atoms with Crippen molar-refractivity contribution in [3.8, 4) is 0 Å². The summed E-state index contributed by atoms with van der Waals surface area (Å²) in [6, 6.07) is -1.56. The third-order valence-electron chi connectivity index (χ3n) is 2.29. The van der Waals surface area contributed by atoms with E-state index in [-0.39, 0.29) is 13.0 Å². The van der Waals surface area contributed by atoms with Crippen LogP contribution in [0.4, 0.5) is 13.2 Å². The van der Waals surface area contributed by atoms with Gasteiger partial charge in [0.1, 0.15) is 6.04 Å². The van der Waals surface area contributed by atoms with E-state index in [4.69, 9.17) is 0 Å². The molecule has 1 aliphatic rings. The third kappa shape index (κ3) is 2.35. The van der Waals surface area contributed by atoms with Gasteiger partial charge in [-0.2, -0.15) is 13.2 Å². The van der Waals surface area contributed by atoms with Gasteiger partial charge in [-0.15, -0.1) is 0 Å². The number of carbonyl (C=O) groups is 1. The van der Waals surface area contributed by atoms with Gasteiger partial charge in [-0.05, 0) is 19.3 Å². The first-order valence-electron chi connectivity index (χ1n) is 4.27. The summed E-state index contributed by atoms with van der Waals surface area (Å²) in [4.78, 5) is 11.8. The van der Waals surface area contributed by atoms with Crippen LogP contribution in [0.1, 0.15) is 26.2 Å². The fraction of sp³-hybridized carbons (Fsp3) is 0.875. The van der Waals surface area contributed by atoms with Crippen molar-refractivity contribution in [2.75, 3.05) is 6.54 Å². The predicted octanol–water partition coefficient (Wildman–Crippen LogP) is 1.95. The molecular formula is C8H12F3NO. The molecule has 1 fully saturated rings. The van der Waals surface area contributed by atoms with E-state index in [1.54, 1.807) is 0 Å². The molecule has 13 heavy (non-hydrogen) atoms. The number of hydrogen-bond donors (Lipinski definition) is 0. The van der Waals surface area contributed by atoms with Crippen molar-refractivity contribution in [1.29, 1.82) is 0 Å². The smallest absolute Gasteiger partial charge is 0.331 e. The van der Waals surface area contributed by atoms with E-state index in [0.717, 1.165) is 4.90 Å². The molecule has 2 nitrogen and oxygen atoms in total. The fourth-order valence-electron chi connectivity index (χ4n) is 1.65. The van der Waals surface area contributed by atoms with Crippen molar-refractivity contribution >= 4 is 5.91 Å². The van der Waals surface area contributed by atoms with Crippen LogP contribution >= 0.6 is 0 Å². The Balaban J connectivity index is 2.73. The van der Waals surface area contributed by atoms with E-state index in [1.807, 2.05) is 0 Å². The summed E-state index contributed by atoms with van der Waals surface area (Å²) in [6.07, 6.45) is -3.00. The Morgan fingerprint density at radius 2 is 2.00 bits per heavy atom. The highest BCUT2D eigenvalue weighted by Gasteiger charge is 2.45. The quantitative estimate of drug-likeness (QED) is 0.578. The zero-order chi connectivity index (χ0) is 10.1. The summed E-state index contributed by atoms with van der Waals surface area (Å²) < 4.78 is 37.1. The van der Waals surface area contributed by atoms with Crippen LogP contribution in [0.25, 0.3) is 0 Å². The lowest BCUT2D eigenvalue weighted by Crippen LogP contribution is -2.50. The average molecular weight is 195 g/mol. The Kier molecular flexibility index (Phi) is 2.83. The van der Waals surface area contributed by atoms with Crippen molar-refractivity contribution in [3.63, 3.8) is 0 Å². The van der Waals surface area contributed by atoms with Gasteiger partial charge in [-0.25, -0.2) is 0 Å². The van der Waals surface area contributed by atoms with E-state index < -0.39 is 18.1 Å². The molecular weight excluding hydrogens is 183 g/mol. The van der Waals surface area contributed by atoms with Crippen molar-refractivity contribution in [3.05, 3.63) is 0 Å². The van der Waals surface area contributed by atoms with Crippen LogP contribution in [-0.4, -0.2) is 29.6 Å². The van der Waals surface area contributed by atoms with Gasteiger partial charge in [0.25, 0.3) is 0 Å². The summed E-state index contributed by atoms with van der Waals surface area (Å²) in [6.45, 7) is 1.42. The van der Waals surface area contributed by atoms with Crippen LogP contribution in [0.3, 0.4) is 0 Å².